The molecule has 1 aromatic heterocycles. The van der Waals surface area contributed by atoms with Gasteiger partial charge < -0.3 is 9.64 Å². The summed E-state index contributed by atoms with van der Waals surface area (Å²) in [6.07, 6.45) is 2.44. The van der Waals surface area contributed by atoms with Crippen LogP contribution in [0.25, 0.3) is 10.9 Å². The number of hydrogen-bond donors (Lipinski definition) is 0. The fourth-order valence-electron chi connectivity index (χ4n) is 2.99. The molecule has 1 fully saturated rings. The van der Waals surface area contributed by atoms with Crippen molar-refractivity contribution in [1.82, 2.24) is 9.88 Å². The number of benzene rings is 1. The predicted octanol–water partition coefficient (Wildman–Crippen LogP) is 3.75. The quantitative estimate of drug-likeness (QED) is 0.805. The Hall–Kier alpha value is -1.16. The van der Waals surface area contributed by atoms with Crippen LogP contribution in [0.1, 0.15) is 18.4 Å². The SMILES string of the molecule is CN(Cc1cc2ccccc2nc1Cl)CC1CCCOC1. The minimum atomic E-state index is 0.612. The zero-order chi connectivity index (χ0) is 14.7. The van der Waals surface area contributed by atoms with Gasteiger partial charge in [-0.25, -0.2) is 4.98 Å². The van der Waals surface area contributed by atoms with Crippen LogP contribution in [0, 0.1) is 5.92 Å². The van der Waals surface area contributed by atoms with E-state index in [4.69, 9.17) is 16.3 Å². The highest BCUT2D eigenvalue weighted by molar-refractivity contribution is 6.30. The van der Waals surface area contributed by atoms with E-state index < -0.39 is 0 Å². The van der Waals surface area contributed by atoms with Gasteiger partial charge in [0.1, 0.15) is 5.15 Å². The molecular weight excluding hydrogens is 284 g/mol. The first kappa shape index (κ1) is 14.8. The van der Waals surface area contributed by atoms with Gasteiger partial charge in [-0.05, 0) is 37.9 Å². The van der Waals surface area contributed by atoms with E-state index in [1.54, 1.807) is 0 Å². The van der Waals surface area contributed by atoms with Crippen LogP contribution >= 0.6 is 11.6 Å². The molecule has 1 saturated heterocycles. The lowest BCUT2D eigenvalue weighted by molar-refractivity contribution is 0.0411. The second-order valence-electron chi connectivity index (χ2n) is 5.91. The lowest BCUT2D eigenvalue weighted by Crippen LogP contribution is -2.30. The van der Waals surface area contributed by atoms with Crippen molar-refractivity contribution in [1.29, 1.82) is 0 Å². The summed E-state index contributed by atoms with van der Waals surface area (Å²) < 4.78 is 5.55. The summed E-state index contributed by atoms with van der Waals surface area (Å²) >= 11 is 6.33. The van der Waals surface area contributed by atoms with Crippen LogP contribution < -0.4 is 0 Å². The first-order valence-corrected chi connectivity index (χ1v) is 7.90. The van der Waals surface area contributed by atoms with E-state index in [0.717, 1.165) is 42.8 Å². The molecule has 1 atom stereocenters. The summed E-state index contributed by atoms with van der Waals surface area (Å²) in [5.41, 5.74) is 2.05. The zero-order valence-electron chi connectivity index (χ0n) is 12.4. The highest BCUT2D eigenvalue weighted by atomic mass is 35.5. The standard InChI is InChI=1S/C17H21ClN2O/c1-20(10-13-5-4-8-21-12-13)11-15-9-14-6-2-3-7-16(14)19-17(15)18/h2-3,6-7,9,13H,4-5,8,10-12H2,1H3. The third kappa shape index (κ3) is 3.73. The molecule has 0 amide bonds. The van der Waals surface area contributed by atoms with E-state index >= 15 is 0 Å². The van der Waals surface area contributed by atoms with Crippen molar-refractivity contribution in [2.75, 3.05) is 26.8 Å². The Balaban J connectivity index is 1.70. The monoisotopic (exact) mass is 304 g/mol. The fraction of sp³-hybridized carbons (Fsp3) is 0.471. The fourth-order valence-corrected chi connectivity index (χ4v) is 3.20. The lowest BCUT2D eigenvalue weighted by Gasteiger charge is -2.27. The van der Waals surface area contributed by atoms with Crippen LogP contribution in [0.15, 0.2) is 30.3 Å². The first-order chi connectivity index (χ1) is 10.2. The van der Waals surface area contributed by atoms with Crippen LogP contribution in [0.3, 0.4) is 0 Å². The van der Waals surface area contributed by atoms with Crippen LogP contribution in [0.2, 0.25) is 5.15 Å². The average Bonchev–Trinajstić information content (AvgIpc) is 2.49. The third-order valence-corrected chi connectivity index (χ3v) is 4.34. The van der Waals surface area contributed by atoms with Crippen LogP contribution in [0.5, 0.6) is 0 Å². The second kappa shape index (κ2) is 6.73. The van der Waals surface area contributed by atoms with E-state index in [9.17, 15) is 0 Å². The summed E-state index contributed by atoms with van der Waals surface area (Å²) in [7, 11) is 2.14. The minimum Gasteiger partial charge on any atom is -0.381 e. The van der Waals surface area contributed by atoms with Gasteiger partial charge in [0.25, 0.3) is 0 Å². The molecule has 1 unspecified atom stereocenters. The molecule has 0 N–H and O–H groups in total. The average molecular weight is 305 g/mol. The molecule has 0 bridgehead atoms. The smallest absolute Gasteiger partial charge is 0.134 e. The molecule has 3 rings (SSSR count). The molecule has 0 radical (unpaired) electrons. The largest absolute Gasteiger partial charge is 0.381 e. The van der Waals surface area contributed by atoms with E-state index in [0.29, 0.717) is 11.1 Å². The number of para-hydroxylation sites is 1. The molecule has 0 spiro atoms. The summed E-state index contributed by atoms with van der Waals surface area (Å²) in [4.78, 5) is 6.81. The Morgan fingerprint density at radius 2 is 2.24 bits per heavy atom. The van der Waals surface area contributed by atoms with Crippen molar-refractivity contribution in [2.24, 2.45) is 5.92 Å². The van der Waals surface area contributed by atoms with E-state index in [-0.39, 0.29) is 0 Å². The highest BCUT2D eigenvalue weighted by Gasteiger charge is 2.16. The van der Waals surface area contributed by atoms with Crippen LogP contribution in [0.4, 0.5) is 0 Å². The van der Waals surface area contributed by atoms with Gasteiger partial charge in [-0.2, -0.15) is 0 Å². The molecule has 3 nitrogen and oxygen atoms in total. The summed E-state index contributed by atoms with van der Waals surface area (Å²) in [5, 5.41) is 1.76. The summed E-state index contributed by atoms with van der Waals surface area (Å²) in [6, 6.07) is 10.2. The molecule has 4 heteroatoms. The lowest BCUT2D eigenvalue weighted by atomic mass is 10.0. The number of fused-ring (bicyclic) bond motifs is 1. The topological polar surface area (TPSA) is 25.4 Å². The number of rotatable bonds is 4. The van der Waals surface area contributed by atoms with Crippen LogP contribution in [-0.4, -0.2) is 36.7 Å². The number of nitrogens with zero attached hydrogens (tertiary/aromatic N) is 2. The molecule has 1 aliphatic rings. The Kier molecular flexibility index (Phi) is 4.73. The Morgan fingerprint density at radius 1 is 1.38 bits per heavy atom. The summed E-state index contributed by atoms with van der Waals surface area (Å²) in [5.74, 6) is 0.635. The van der Waals surface area contributed by atoms with Crippen molar-refractivity contribution < 1.29 is 4.74 Å². The van der Waals surface area contributed by atoms with Gasteiger partial charge in [0, 0.05) is 30.6 Å². The van der Waals surface area contributed by atoms with Gasteiger partial charge in [-0.15, -0.1) is 0 Å². The Labute approximate surface area is 130 Å². The van der Waals surface area contributed by atoms with Gasteiger partial charge in [0.05, 0.1) is 12.1 Å². The summed E-state index contributed by atoms with van der Waals surface area (Å²) in [6.45, 7) is 3.67. The Morgan fingerprint density at radius 3 is 3.05 bits per heavy atom. The van der Waals surface area contributed by atoms with Crippen molar-refractivity contribution in [2.45, 2.75) is 19.4 Å². The number of aromatic nitrogens is 1. The van der Waals surface area contributed by atoms with E-state index in [1.807, 2.05) is 18.2 Å². The van der Waals surface area contributed by atoms with E-state index in [1.165, 1.54) is 12.8 Å². The van der Waals surface area contributed by atoms with Crippen LogP contribution in [-0.2, 0) is 11.3 Å². The van der Waals surface area contributed by atoms with Crippen molar-refractivity contribution >= 4 is 22.5 Å². The second-order valence-corrected chi connectivity index (χ2v) is 6.27. The van der Waals surface area contributed by atoms with Gasteiger partial charge in [0.15, 0.2) is 0 Å². The molecular formula is C17H21ClN2O. The predicted molar refractivity (Wildman–Crippen MR) is 86.6 cm³/mol. The molecule has 112 valence electrons. The van der Waals surface area contributed by atoms with Crippen molar-refractivity contribution in [3.05, 3.63) is 41.0 Å². The highest BCUT2D eigenvalue weighted by Crippen LogP contribution is 2.22. The number of pyridine rings is 1. The molecule has 1 aromatic carbocycles. The number of hydrogen-bond acceptors (Lipinski definition) is 3. The number of halogens is 1. The third-order valence-electron chi connectivity index (χ3n) is 4.01. The molecule has 0 aliphatic carbocycles. The zero-order valence-corrected chi connectivity index (χ0v) is 13.1. The first-order valence-electron chi connectivity index (χ1n) is 7.53. The molecule has 0 saturated carbocycles. The molecule has 21 heavy (non-hydrogen) atoms. The number of ether oxygens (including phenoxy) is 1. The maximum Gasteiger partial charge on any atom is 0.134 e. The normalized spacial score (nSPS) is 19.3. The van der Waals surface area contributed by atoms with E-state index in [2.05, 4.69) is 29.1 Å². The van der Waals surface area contributed by atoms with Gasteiger partial charge in [-0.3, -0.25) is 0 Å². The van der Waals surface area contributed by atoms with Gasteiger partial charge in [-0.1, -0.05) is 29.8 Å². The molecule has 2 heterocycles. The maximum atomic E-state index is 6.33. The minimum absolute atomic E-state index is 0.612. The Bertz CT molecular complexity index is 611. The molecule has 2 aromatic rings. The van der Waals surface area contributed by atoms with Crippen molar-refractivity contribution in [3.8, 4) is 0 Å². The van der Waals surface area contributed by atoms with Gasteiger partial charge in [0.2, 0.25) is 0 Å². The van der Waals surface area contributed by atoms with Gasteiger partial charge >= 0.3 is 0 Å². The molecule has 1 aliphatic heterocycles. The van der Waals surface area contributed by atoms with Crippen molar-refractivity contribution in [3.63, 3.8) is 0 Å². The maximum absolute atomic E-state index is 6.33.